The molecule has 0 spiro atoms. The topological polar surface area (TPSA) is 50.4 Å². The van der Waals surface area contributed by atoms with Gasteiger partial charge in [0.25, 0.3) is 0 Å². The van der Waals surface area contributed by atoms with Gasteiger partial charge in [-0.2, -0.15) is 0 Å². The number of amides is 1. The summed E-state index contributed by atoms with van der Waals surface area (Å²) in [6, 6.07) is 13.6. The molecule has 128 valence electrons. The van der Waals surface area contributed by atoms with Crippen LogP contribution in [-0.4, -0.2) is 19.1 Å². The van der Waals surface area contributed by atoms with Crippen LogP contribution in [0.15, 0.2) is 42.5 Å². The maximum Gasteiger partial charge on any atom is 0.243 e. The van der Waals surface area contributed by atoms with Gasteiger partial charge in [-0.15, -0.1) is 0 Å². The number of rotatable bonds is 7. The van der Waals surface area contributed by atoms with Gasteiger partial charge in [-0.05, 0) is 61.2 Å². The zero-order valence-corrected chi connectivity index (χ0v) is 14.8. The lowest BCUT2D eigenvalue weighted by molar-refractivity contribution is -0.114. The molecule has 2 N–H and O–H groups in total. The third kappa shape index (κ3) is 5.30. The molecule has 0 aliphatic heterocycles. The maximum absolute atomic E-state index is 12.1. The summed E-state index contributed by atoms with van der Waals surface area (Å²) in [7, 11) is 0. The predicted octanol–water partition coefficient (Wildman–Crippen LogP) is 4.39. The second kappa shape index (κ2) is 8.39. The van der Waals surface area contributed by atoms with Gasteiger partial charge >= 0.3 is 0 Å². The van der Waals surface area contributed by atoms with Crippen molar-refractivity contribution in [2.75, 3.05) is 23.8 Å². The molecule has 0 saturated carbocycles. The molecule has 2 aromatic carbocycles. The van der Waals surface area contributed by atoms with Gasteiger partial charge in [0.05, 0.1) is 13.2 Å². The average molecular weight is 326 g/mol. The van der Waals surface area contributed by atoms with Gasteiger partial charge in [0.15, 0.2) is 0 Å². The number of hydrogen-bond donors (Lipinski definition) is 2. The maximum atomic E-state index is 12.1. The van der Waals surface area contributed by atoms with Crippen LogP contribution in [0.3, 0.4) is 0 Å². The molecule has 2 aromatic rings. The van der Waals surface area contributed by atoms with Crippen molar-refractivity contribution >= 4 is 17.3 Å². The van der Waals surface area contributed by atoms with Crippen LogP contribution in [0.25, 0.3) is 0 Å². The van der Waals surface area contributed by atoms with E-state index in [1.165, 1.54) is 0 Å². The van der Waals surface area contributed by atoms with Crippen molar-refractivity contribution in [1.82, 2.24) is 0 Å². The van der Waals surface area contributed by atoms with Crippen LogP contribution in [0, 0.1) is 19.8 Å². The lowest BCUT2D eigenvalue weighted by Crippen LogP contribution is -2.22. The third-order valence-corrected chi connectivity index (χ3v) is 3.77. The van der Waals surface area contributed by atoms with E-state index in [1.807, 2.05) is 56.3 Å². The highest BCUT2D eigenvalue weighted by Gasteiger charge is 2.06. The number of carbonyl (C=O) groups is 1. The lowest BCUT2D eigenvalue weighted by Gasteiger charge is -2.12. The molecule has 0 aromatic heterocycles. The third-order valence-electron chi connectivity index (χ3n) is 3.77. The summed E-state index contributed by atoms with van der Waals surface area (Å²) >= 11 is 0. The number of anilines is 2. The number of nitrogens with one attached hydrogen (secondary N) is 2. The summed E-state index contributed by atoms with van der Waals surface area (Å²) in [5.41, 5.74) is 4.01. The normalized spacial score (nSPS) is 10.5. The summed E-state index contributed by atoms with van der Waals surface area (Å²) < 4.78 is 5.64. The van der Waals surface area contributed by atoms with Crippen molar-refractivity contribution in [2.24, 2.45) is 5.92 Å². The van der Waals surface area contributed by atoms with Crippen LogP contribution in [0.5, 0.6) is 5.75 Å². The fourth-order valence-corrected chi connectivity index (χ4v) is 2.20. The SMILES string of the molecule is Cc1cccc(NC(=O)CNc2ccc(OCC(C)C)cc2)c1C. The van der Waals surface area contributed by atoms with Gasteiger partial charge < -0.3 is 15.4 Å². The van der Waals surface area contributed by atoms with Crippen molar-refractivity contribution in [1.29, 1.82) is 0 Å². The second-order valence-electron chi connectivity index (χ2n) is 6.38. The Bertz CT molecular complexity index is 679. The Hall–Kier alpha value is -2.49. The Labute approximate surface area is 144 Å². The number of benzene rings is 2. The van der Waals surface area contributed by atoms with Crippen molar-refractivity contribution < 1.29 is 9.53 Å². The van der Waals surface area contributed by atoms with Crippen LogP contribution >= 0.6 is 0 Å². The minimum absolute atomic E-state index is 0.0659. The fourth-order valence-electron chi connectivity index (χ4n) is 2.20. The number of carbonyl (C=O) groups excluding carboxylic acids is 1. The molecule has 4 nitrogen and oxygen atoms in total. The van der Waals surface area contributed by atoms with E-state index in [1.54, 1.807) is 0 Å². The first-order chi connectivity index (χ1) is 11.5. The molecule has 0 saturated heterocycles. The van der Waals surface area contributed by atoms with E-state index < -0.39 is 0 Å². The zero-order valence-electron chi connectivity index (χ0n) is 14.8. The van der Waals surface area contributed by atoms with E-state index in [4.69, 9.17) is 4.74 Å². The fraction of sp³-hybridized carbons (Fsp3) is 0.350. The standard InChI is InChI=1S/C20H26N2O2/c1-14(2)13-24-18-10-8-17(9-11-18)21-12-20(23)22-19-7-5-6-15(3)16(19)4/h5-11,14,21H,12-13H2,1-4H3,(H,22,23). The molecule has 24 heavy (non-hydrogen) atoms. The summed E-state index contributed by atoms with van der Waals surface area (Å²) in [5.74, 6) is 1.27. The first-order valence-corrected chi connectivity index (χ1v) is 8.28. The molecular formula is C20H26N2O2. The van der Waals surface area contributed by atoms with Gasteiger partial charge in [0, 0.05) is 11.4 Å². The van der Waals surface area contributed by atoms with E-state index >= 15 is 0 Å². The van der Waals surface area contributed by atoms with E-state index in [9.17, 15) is 4.79 Å². The van der Waals surface area contributed by atoms with Crippen molar-refractivity contribution in [3.05, 3.63) is 53.6 Å². The molecule has 2 rings (SSSR count). The molecule has 0 fully saturated rings. The molecule has 0 bridgehead atoms. The predicted molar refractivity (Wildman–Crippen MR) is 99.8 cm³/mol. The summed E-state index contributed by atoms with van der Waals surface area (Å²) in [4.78, 5) is 12.1. The highest BCUT2D eigenvalue weighted by atomic mass is 16.5. The molecule has 0 unspecified atom stereocenters. The van der Waals surface area contributed by atoms with Crippen LogP contribution in [0.2, 0.25) is 0 Å². The van der Waals surface area contributed by atoms with Gasteiger partial charge in [-0.25, -0.2) is 0 Å². The van der Waals surface area contributed by atoms with Crippen LogP contribution in [0.1, 0.15) is 25.0 Å². The van der Waals surface area contributed by atoms with Crippen LogP contribution in [-0.2, 0) is 4.79 Å². The molecule has 0 aliphatic rings. The molecule has 0 radical (unpaired) electrons. The van der Waals surface area contributed by atoms with Crippen molar-refractivity contribution in [2.45, 2.75) is 27.7 Å². The molecule has 0 aliphatic carbocycles. The zero-order chi connectivity index (χ0) is 17.5. The highest BCUT2D eigenvalue weighted by molar-refractivity contribution is 5.94. The summed E-state index contributed by atoms with van der Waals surface area (Å²) in [5, 5.41) is 6.06. The van der Waals surface area contributed by atoms with E-state index in [2.05, 4.69) is 24.5 Å². The van der Waals surface area contributed by atoms with Gasteiger partial charge in [0.1, 0.15) is 5.75 Å². The highest BCUT2D eigenvalue weighted by Crippen LogP contribution is 2.18. The lowest BCUT2D eigenvalue weighted by atomic mass is 10.1. The Balaban J connectivity index is 1.84. The second-order valence-corrected chi connectivity index (χ2v) is 6.38. The number of aryl methyl sites for hydroxylation is 1. The summed E-state index contributed by atoms with van der Waals surface area (Å²) in [6.45, 7) is 9.19. The molecule has 1 amide bonds. The average Bonchev–Trinajstić information content (AvgIpc) is 2.56. The Morgan fingerprint density at radius 2 is 1.79 bits per heavy atom. The van der Waals surface area contributed by atoms with E-state index in [0.29, 0.717) is 12.5 Å². The van der Waals surface area contributed by atoms with Gasteiger partial charge in [-0.1, -0.05) is 26.0 Å². The Morgan fingerprint density at radius 3 is 2.46 bits per heavy atom. The quantitative estimate of drug-likeness (QED) is 0.793. The van der Waals surface area contributed by atoms with Crippen molar-refractivity contribution in [3.63, 3.8) is 0 Å². The number of ether oxygens (including phenoxy) is 1. The van der Waals surface area contributed by atoms with Gasteiger partial charge in [0.2, 0.25) is 5.91 Å². The smallest absolute Gasteiger partial charge is 0.243 e. The summed E-state index contributed by atoms with van der Waals surface area (Å²) in [6.07, 6.45) is 0. The molecular weight excluding hydrogens is 300 g/mol. The Morgan fingerprint density at radius 1 is 1.08 bits per heavy atom. The van der Waals surface area contributed by atoms with Crippen LogP contribution < -0.4 is 15.4 Å². The first kappa shape index (κ1) is 17.9. The molecule has 0 atom stereocenters. The van der Waals surface area contributed by atoms with Crippen LogP contribution in [0.4, 0.5) is 11.4 Å². The molecule has 0 heterocycles. The minimum atomic E-state index is -0.0659. The van der Waals surface area contributed by atoms with Gasteiger partial charge in [-0.3, -0.25) is 4.79 Å². The van der Waals surface area contributed by atoms with Crippen molar-refractivity contribution in [3.8, 4) is 5.75 Å². The Kier molecular flexibility index (Phi) is 6.24. The number of hydrogen-bond acceptors (Lipinski definition) is 3. The van der Waals surface area contributed by atoms with E-state index in [-0.39, 0.29) is 12.5 Å². The monoisotopic (exact) mass is 326 g/mol. The first-order valence-electron chi connectivity index (χ1n) is 8.28. The largest absolute Gasteiger partial charge is 0.493 e. The minimum Gasteiger partial charge on any atom is -0.493 e. The van der Waals surface area contributed by atoms with E-state index in [0.717, 1.165) is 28.3 Å². The molecule has 4 heteroatoms.